The lowest BCUT2D eigenvalue weighted by Crippen LogP contribution is -2.45. The number of amides is 1. The summed E-state index contributed by atoms with van der Waals surface area (Å²) in [5.41, 5.74) is 1.77. The highest BCUT2D eigenvalue weighted by Crippen LogP contribution is 2.18. The lowest BCUT2D eigenvalue weighted by molar-refractivity contribution is -0.126. The third kappa shape index (κ3) is 5.18. The summed E-state index contributed by atoms with van der Waals surface area (Å²) in [6.45, 7) is 6.50. The van der Waals surface area contributed by atoms with Crippen molar-refractivity contribution in [1.29, 1.82) is 0 Å². The summed E-state index contributed by atoms with van der Waals surface area (Å²) in [5.74, 6) is 0.795. The third-order valence-electron chi connectivity index (χ3n) is 4.57. The maximum Gasteiger partial charge on any atom is 0.226 e. The maximum atomic E-state index is 12.4. The van der Waals surface area contributed by atoms with Crippen LogP contribution in [0.25, 0.3) is 5.57 Å². The molecule has 1 aliphatic rings. The van der Waals surface area contributed by atoms with Crippen LogP contribution >= 0.6 is 0 Å². The fourth-order valence-electron chi connectivity index (χ4n) is 2.62. The molecule has 1 amide bonds. The van der Waals surface area contributed by atoms with Crippen LogP contribution in [0.3, 0.4) is 0 Å². The first-order chi connectivity index (χ1) is 11.6. The van der Waals surface area contributed by atoms with Crippen LogP contribution in [0.4, 0.5) is 0 Å². The van der Waals surface area contributed by atoms with Crippen LogP contribution in [0, 0.1) is 11.8 Å². The SMILES string of the molecule is CCC(C)CCC(CC)C(=O)NC1N=CC(c2ccccn2)=CN1. The minimum absolute atomic E-state index is 0.0529. The van der Waals surface area contributed by atoms with E-state index in [1.54, 1.807) is 12.4 Å². The van der Waals surface area contributed by atoms with E-state index in [0.29, 0.717) is 5.92 Å². The molecule has 2 N–H and O–H groups in total. The third-order valence-corrected chi connectivity index (χ3v) is 4.57. The summed E-state index contributed by atoms with van der Waals surface area (Å²) >= 11 is 0. The van der Waals surface area contributed by atoms with Crippen LogP contribution in [0.1, 0.15) is 52.1 Å². The minimum Gasteiger partial charge on any atom is -0.352 e. The van der Waals surface area contributed by atoms with Gasteiger partial charge in [-0.05, 0) is 37.3 Å². The van der Waals surface area contributed by atoms with Gasteiger partial charge in [-0.15, -0.1) is 0 Å². The molecule has 0 bridgehead atoms. The van der Waals surface area contributed by atoms with E-state index in [2.05, 4.69) is 41.4 Å². The highest BCUT2D eigenvalue weighted by Gasteiger charge is 2.20. The second kappa shape index (κ2) is 9.21. The molecular formula is C19H28N4O. The van der Waals surface area contributed by atoms with Crippen molar-refractivity contribution in [3.63, 3.8) is 0 Å². The molecule has 3 atom stereocenters. The predicted molar refractivity (Wildman–Crippen MR) is 98.2 cm³/mol. The summed E-state index contributed by atoms with van der Waals surface area (Å²) in [5, 5.41) is 6.09. The zero-order valence-corrected chi connectivity index (χ0v) is 14.8. The van der Waals surface area contributed by atoms with Crippen molar-refractivity contribution in [2.75, 3.05) is 0 Å². The smallest absolute Gasteiger partial charge is 0.226 e. The van der Waals surface area contributed by atoms with Gasteiger partial charge in [0.15, 0.2) is 6.29 Å². The number of carbonyl (C=O) groups is 1. The first-order valence-corrected chi connectivity index (χ1v) is 8.85. The van der Waals surface area contributed by atoms with Crippen LogP contribution < -0.4 is 10.6 Å². The van der Waals surface area contributed by atoms with Gasteiger partial charge in [0.05, 0.1) is 5.69 Å². The van der Waals surface area contributed by atoms with Crippen LogP contribution in [-0.4, -0.2) is 23.4 Å². The quantitative estimate of drug-likeness (QED) is 0.769. The molecule has 0 saturated heterocycles. The largest absolute Gasteiger partial charge is 0.352 e. The standard InChI is InChI=1S/C19H28N4O/c1-4-14(3)9-10-15(5-2)18(24)23-19-21-12-16(13-22-19)17-8-6-7-11-20-17/h6-8,11-15,19,21H,4-5,9-10H2,1-3H3,(H,23,24). The second-order valence-corrected chi connectivity index (χ2v) is 6.37. The molecular weight excluding hydrogens is 300 g/mol. The highest BCUT2D eigenvalue weighted by atomic mass is 16.2. The number of allylic oxidation sites excluding steroid dienone is 1. The van der Waals surface area contributed by atoms with Gasteiger partial charge in [-0.2, -0.15) is 0 Å². The van der Waals surface area contributed by atoms with E-state index in [1.807, 2.05) is 24.4 Å². The average molecular weight is 328 g/mol. The average Bonchev–Trinajstić information content (AvgIpc) is 2.63. The van der Waals surface area contributed by atoms with Gasteiger partial charge in [0.2, 0.25) is 5.91 Å². The topological polar surface area (TPSA) is 66.4 Å². The molecule has 3 unspecified atom stereocenters. The molecule has 0 radical (unpaired) electrons. The van der Waals surface area contributed by atoms with Crippen LogP contribution in [0.15, 0.2) is 35.6 Å². The minimum atomic E-state index is -0.400. The molecule has 1 aliphatic heterocycles. The Morgan fingerprint density at radius 2 is 2.12 bits per heavy atom. The zero-order chi connectivity index (χ0) is 17.4. The van der Waals surface area contributed by atoms with Crippen molar-refractivity contribution in [3.05, 3.63) is 36.3 Å². The molecule has 2 heterocycles. The second-order valence-electron chi connectivity index (χ2n) is 6.37. The van der Waals surface area contributed by atoms with Gasteiger partial charge in [0, 0.05) is 30.1 Å². The van der Waals surface area contributed by atoms with E-state index in [0.717, 1.165) is 37.0 Å². The molecule has 0 aliphatic carbocycles. The van der Waals surface area contributed by atoms with Gasteiger partial charge in [0.25, 0.3) is 0 Å². The van der Waals surface area contributed by atoms with Crippen LogP contribution in [-0.2, 0) is 4.79 Å². The number of aliphatic imine (C=N–C) groups is 1. The van der Waals surface area contributed by atoms with Gasteiger partial charge in [-0.1, -0.05) is 33.3 Å². The van der Waals surface area contributed by atoms with Gasteiger partial charge >= 0.3 is 0 Å². The van der Waals surface area contributed by atoms with Gasteiger partial charge < -0.3 is 10.6 Å². The maximum absolute atomic E-state index is 12.4. The molecule has 0 fully saturated rings. The zero-order valence-electron chi connectivity index (χ0n) is 14.8. The van der Waals surface area contributed by atoms with Crippen molar-refractivity contribution < 1.29 is 4.79 Å². The van der Waals surface area contributed by atoms with Crippen LogP contribution in [0.2, 0.25) is 0 Å². The Morgan fingerprint density at radius 3 is 2.71 bits per heavy atom. The molecule has 1 aromatic rings. The Morgan fingerprint density at radius 1 is 1.29 bits per heavy atom. The van der Waals surface area contributed by atoms with Gasteiger partial charge in [0.1, 0.15) is 0 Å². The Bertz CT molecular complexity index is 582. The van der Waals surface area contributed by atoms with E-state index in [9.17, 15) is 4.79 Å². The van der Waals surface area contributed by atoms with Gasteiger partial charge in [-0.3, -0.25) is 9.78 Å². The first kappa shape index (κ1) is 18.2. The van der Waals surface area contributed by atoms with E-state index in [1.165, 1.54) is 0 Å². The van der Waals surface area contributed by atoms with Crippen LogP contribution in [0.5, 0.6) is 0 Å². The van der Waals surface area contributed by atoms with Gasteiger partial charge in [-0.25, -0.2) is 4.99 Å². The number of hydrogen-bond donors (Lipinski definition) is 2. The molecule has 0 saturated carbocycles. The number of rotatable bonds is 8. The summed E-state index contributed by atoms with van der Waals surface area (Å²) in [6.07, 6.45) is 8.99. The first-order valence-electron chi connectivity index (χ1n) is 8.85. The van der Waals surface area contributed by atoms with Crippen molar-refractivity contribution in [1.82, 2.24) is 15.6 Å². The molecule has 0 aromatic carbocycles. The number of hydrogen-bond acceptors (Lipinski definition) is 4. The Hall–Kier alpha value is -2.17. The molecule has 5 nitrogen and oxygen atoms in total. The predicted octanol–water partition coefficient (Wildman–Crippen LogP) is 3.35. The summed E-state index contributed by atoms with van der Waals surface area (Å²) < 4.78 is 0. The molecule has 130 valence electrons. The van der Waals surface area contributed by atoms with Crippen molar-refractivity contribution in [2.45, 2.75) is 52.7 Å². The molecule has 5 heteroatoms. The molecule has 0 spiro atoms. The fourth-order valence-corrected chi connectivity index (χ4v) is 2.62. The number of aromatic nitrogens is 1. The van der Waals surface area contributed by atoms with Crippen molar-refractivity contribution in [3.8, 4) is 0 Å². The fraction of sp³-hybridized carbons (Fsp3) is 0.526. The van der Waals surface area contributed by atoms with E-state index >= 15 is 0 Å². The number of carbonyl (C=O) groups excluding carboxylic acids is 1. The summed E-state index contributed by atoms with van der Waals surface area (Å²) in [7, 11) is 0. The van der Waals surface area contributed by atoms with Crippen molar-refractivity contribution >= 4 is 17.7 Å². The Kier molecular flexibility index (Phi) is 6.97. The highest BCUT2D eigenvalue weighted by molar-refractivity contribution is 6.09. The number of pyridine rings is 1. The monoisotopic (exact) mass is 328 g/mol. The molecule has 1 aromatic heterocycles. The van der Waals surface area contributed by atoms with Crippen molar-refractivity contribution in [2.24, 2.45) is 16.8 Å². The van der Waals surface area contributed by atoms with E-state index in [4.69, 9.17) is 0 Å². The Balaban J connectivity index is 1.85. The number of nitrogens with zero attached hydrogens (tertiary/aromatic N) is 2. The molecule has 2 rings (SSSR count). The molecule has 24 heavy (non-hydrogen) atoms. The van der Waals surface area contributed by atoms with E-state index in [-0.39, 0.29) is 11.8 Å². The summed E-state index contributed by atoms with van der Waals surface area (Å²) in [4.78, 5) is 21.1. The number of nitrogens with one attached hydrogen (secondary N) is 2. The van der Waals surface area contributed by atoms with E-state index < -0.39 is 6.29 Å². The Labute approximate surface area is 144 Å². The lowest BCUT2D eigenvalue weighted by atomic mass is 9.93. The summed E-state index contributed by atoms with van der Waals surface area (Å²) in [6, 6.07) is 5.75. The normalized spacial score (nSPS) is 19.1. The lowest BCUT2D eigenvalue weighted by Gasteiger charge is -2.22.